The number of benzene rings is 2. The highest BCUT2D eigenvalue weighted by molar-refractivity contribution is 5.88. The van der Waals surface area contributed by atoms with Crippen LogP contribution in [0.1, 0.15) is 5.56 Å². The van der Waals surface area contributed by atoms with E-state index < -0.39 is 0 Å². The first-order valence-electron chi connectivity index (χ1n) is 4.13. The average Bonchev–Trinajstić information content (AvgIpc) is 2.12. The van der Waals surface area contributed by atoms with E-state index in [4.69, 9.17) is 5.73 Å². The van der Waals surface area contributed by atoms with Crippen molar-refractivity contribution in [2.45, 2.75) is 6.92 Å². The summed E-state index contributed by atoms with van der Waals surface area (Å²) in [6.45, 7) is 1.96. The van der Waals surface area contributed by atoms with Gasteiger partial charge in [0.2, 0.25) is 0 Å². The van der Waals surface area contributed by atoms with Crippen molar-refractivity contribution < 1.29 is 4.39 Å². The van der Waals surface area contributed by atoms with Crippen LogP contribution in [0.4, 0.5) is 10.1 Å². The average molecular weight is 175 g/mol. The summed E-state index contributed by atoms with van der Waals surface area (Å²) in [7, 11) is 0. The van der Waals surface area contributed by atoms with Gasteiger partial charge in [0, 0.05) is 5.39 Å². The molecular formula is C11H10FN. The Bertz CT molecular complexity index is 463. The van der Waals surface area contributed by atoms with E-state index in [0.717, 1.165) is 10.9 Å². The van der Waals surface area contributed by atoms with Gasteiger partial charge >= 0.3 is 0 Å². The number of hydrogen-bond donors (Lipinski definition) is 1. The highest BCUT2D eigenvalue weighted by Crippen LogP contribution is 2.24. The molecule has 2 N–H and O–H groups in total. The van der Waals surface area contributed by atoms with Crippen LogP contribution in [0.15, 0.2) is 30.3 Å². The fourth-order valence-corrected chi connectivity index (χ4v) is 1.50. The zero-order valence-electron chi connectivity index (χ0n) is 7.34. The summed E-state index contributed by atoms with van der Waals surface area (Å²) < 4.78 is 13.5. The first kappa shape index (κ1) is 8.05. The Hall–Kier alpha value is -1.57. The molecule has 0 aromatic heterocycles. The van der Waals surface area contributed by atoms with Crippen molar-refractivity contribution in [2.24, 2.45) is 0 Å². The smallest absolute Gasteiger partial charge is 0.153 e. The van der Waals surface area contributed by atoms with Crippen LogP contribution in [0, 0.1) is 12.7 Å². The maximum Gasteiger partial charge on any atom is 0.153 e. The Morgan fingerprint density at radius 1 is 1.08 bits per heavy atom. The Kier molecular flexibility index (Phi) is 1.69. The molecule has 13 heavy (non-hydrogen) atoms. The Morgan fingerprint density at radius 2 is 1.85 bits per heavy atom. The molecule has 0 bridgehead atoms. The molecule has 0 aliphatic heterocycles. The van der Waals surface area contributed by atoms with Crippen LogP contribution >= 0.6 is 0 Å². The molecule has 0 aliphatic rings. The van der Waals surface area contributed by atoms with E-state index in [2.05, 4.69) is 0 Å². The van der Waals surface area contributed by atoms with Gasteiger partial charge in [0.1, 0.15) is 0 Å². The van der Waals surface area contributed by atoms with E-state index in [1.54, 1.807) is 12.1 Å². The van der Waals surface area contributed by atoms with Crippen LogP contribution in [-0.4, -0.2) is 0 Å². The van der Waals surface area contributed by atoms with E-state index in [9.17, 15) is 4.39 Å². The fraction of sp³-hybridized carbons (Fsp3) is 0.0909. The number of nitrogens with two attached hydrogens (primary N) is 1. The van der Waals surface area contributed by atoms with Crippen molar-refractivity contribution in [1.29, 1.82) is 0 Å². The minimum Gasteiger partial charge on any atom is -0.396 e. The monoisotopic (exact) mass is 175 g/mol. The van der Waals surface area contributed by atoms with Crippen LogP contribution in [0.3, 0.4) is 0 Å². The number of halogens is 1. The van der Waals surface area contributed by atoms with Crippen molar-refractivity contribution >= 4 is 16.5 Å². The Balaban J connectivity index is 2.94. The van der Waals surface area contributed by atoms with Crippen LogP contribution in [0.5, 0.6) is 0 Å². The normalized spacial score (nSPS) is 10.6. The van der Waals surface area contributed by atoms with Crippen molar-refractivity contribution in [3.63, 3.8) is 0 Å². The largest absolute Gasteiger partial charge is 0.396 e. The number of rotatable bonds is 0. The summed E-state index contributed by atoms with van der Waals surface area (Å²) in [6, 6.07) is 8.99. The summed E-state index contributed by atoms with van der Waals surface area (Å²) in [4.78, 5) is 0. The predicted octanol–water partition coefficient (Wildman–Crippen LogP) is 2.87. The maximum atomic E-state index is 13.5. The van der Waals surface area contributed by atoms with Crippen LogP contribution in [0.2, 0.25) is 0 Å². The Labute approximate surface area is 76.0 Å². The van der Waals surface area contributed by atoms with Gasteiger partial charge in [-0.3, -0.25) is 0 Å². The number of aryl methyl sites for hydroxylation is 1. The standard InChI is InChI=1S/C11H10FN/c1-7-3-2-4-9-8(7)5-6-10(13)11(9)12/h2-6H,13H2,1H3. The lowest BCUT2D eigenvalue weighted by Gasteiger charge is -2.04. The third-order valence-electron chi connectivity index (χ3n) is 2.24. The van der Waals surface area contributed by atoms with Gasteiger partial charge in [-0.25, -0.2) is 4.39 Å². The highest BCUT2D eigenvalue weighted by atomic mass is 19.1. The first-order chi connectivity index (χ1) is 6.20. The van der Waals surface area contributed by atoms with Gasteiger partial charge in [0.25, 0.3) is 0 Å². The zero-order valence-corrected chi connectivity index (χ0v) is 7.34. The molecule has 0 atom stereocenters. The molecule has 0 saturated heterocycles. The lowest BCUT2D eigenvalue weighted by atomic mass is 10.0. The van der Waals surface area contributed by atoms with Crippen LogP contribution in [0.25, 0.3) is 10.8 Å². The quantitative estimate of drug-likeness (QED) is 0.612. The SMILES string of the molecule is Cc1cccc2c(F)c(N)ccc12. The van der Waals surface area contributed by atoms with E-state index in [1.807, 2.05) is 25.1 Å². The lowest BCUT2D eigenvalue weighted by Crippen LogP contribution is -1.91. The summed E-state index contributed by atoms with van der Waals surface area (Å²) >= 11 is 0. The Morgan fingerprint density at radius 3 is 2.62 bits per heavy atom. The summed E-state index contributed by atoms with van der Waals surface area (Å²) in [5, 5.41) is 1.52. The lowest BCUT2D eigenvalue weighted by molar-refractivity contribution is 0.644. The topological polar surface area (TPSA) is 26.0 Å². The molecule has 0 saturated carbocycles. The molecule has 0 heterocycles. The summed E-state index contributed by atoms with van der Waals surface area (Å²) in [5.74, 6) is -0.318. The molecule has 2 aromatic carbocycles. The molecule has 66 valence electrons. The van der Waals surface area contributed by atoms with E-state index >= 15 is 0 Å². The van der Waals surface area contributed by atoms with Crippen molar-refractivity contribution in [1.82, 2.24) is 0 Å². The number of hydrogen-bond acceptors (Lipinski definition) is 1. The molecule has 2 aromatic rings. The molecule has 2 rings (SSSR count). The number of nitrogen functional groups attached to an aromatic ring is 1. The number of fused-ring (bicyclic) bond motifs is 1. The minimum atomic E-state index is -0.318. The van der Waals surface area contributed by atoms with Crippen LogP contribution < -0.4 is 5.73 Å². The van der Waals surface area contributed by atoms with E-state index in [1.165, 1.54) is 0 Å². The minimum absolute atomic E-state index is 0.207. The predicted molar refractivity (Wildman–Crippen MR) is 53.1 cm³/mol. The molecule has 0 unspecified atom stereocenters. The van der Waals surface area contributed by atoms with Crippen LogP contribution in [-0.2, 0) is 0 Å². The van der Waals surface area contributed by atoms with Gasteiger partial charge in [-0.2, -0.15) is 0 Å². The van der Waals surface area contributed by atoms with Crippen molar-refractivity contribution in [2.75, 3.05) is 5.73 Å². The zero-order chi connectivity index (χ0) is 9.42. The summed E-state index contributed by atoms with van der Waals surface area (Å²) in [5.41, 5.74) is 6.73. The molecule has 0 spiro atoms. The second-order valence-electron chi connectivity index (χ2n) is 3.14. The van der Waals surface area contributed by atoms with Crippen molar-refractivity contribution in [3.05, 3.63) is 41.7 Å². The van der Waals surface area contributed by atoms with Gasteiger partial charge in [-0.05, 0) is 23.9 Å². The summed E-state index contributed by atoms with van der Waals surface area (Å²) in [6.07, 6.45) is 0. The molecule has 0 radical (unpaired) electrons. The van der Waals surface area contributed by atoms with E-state index in [-0.39, 0.29) is 11.5 Å². The van der Waals surface area contributed by atoms with Crippen molar-refractivity contribution in [3.8, 4) is 0 Å². The molecular weight excluding hydrogens is 165 g/mol. The molecule has 0 fully saturated rings. The highest BCUT2D eigenvalue weighted by Gasteiger charge is 2.04. The fourth-order valence-electron chi connectivity index (χ4n) is 1.50. The van der Waals surface area contributed by atoms with Gasteiger partial charge in [-0.15, -0.1) is 0 Å². The molecule has 0 aliphatic carbocycles. The van der Waals surface area contributed by atoms with Gasteiger partial charge in [0.05, 0.1) is 5.69 Å². The second-order valence-corrected chi connectivity index (χ2v) is 3.14. The maximum absolute atomic E-state index is 13.5. The third kappa shape index (κ3) is 1.15. The first-order valence-corrected chi connectivity index (χ1v) is 4.13. The van der Waals surface area contributed by atoms with Gasteiger partial charge in [-0.1, -0.05) is 24.3 Å². The molecule has 2 heteroatoms. The second kappa shape index (κ2) is 2.73. The molecule has 0 amide bonds. The van der Waals surface area contributed by atoms with E-state index in [0.29, 0.717) is 5.39 Å². The molecule has 1 nitrogen and oxygen atoms in total. The van der Waals surface area contributed by atoms with Gasteiger partial charge < -0.3 is 5.73 Å². The third-order valence-corrected chi connectivity index (χ3v) is 2.24. The number of anilines is 1. The van der Waals surface area contributed by atoms with Gasteiger partial charge in [0.15, 0.2) is 5.82 Å².